The summed E-state index contributed by atoms with van der Waals surface area (Å²) >= 11 is 0. The van der Waals surface area contributed by atoms with Crippen molar-refractivity contribution in [1.29, 1.82) is 0 Å². The van der Waals surface area contributed by atoms with Crippen molar-refractivity contribution in [3.8, 4) is 0 Å². The van der Waals surface area contributed by atoms with Crippen LogP contribution in [-0.4, -0.2) is 76.9 Å². The number of nitrogens with two attached hydrogens (primary N) is 3. The molecule has 0 radical (unpaired) electrons. The van der Waals surface area contributed by atoms with E-state index in [1.54, 1.807) is 38.1 Å². The van der Waals surface area contributed by atoms with E-state index in [2.05, 4.69) is 15.6 Å². The van der Waals surface area contributed by atoms with Gasteiger partial charge in [-0.1, -0.05) is 44.2 Å². The van der Waals surface area contributed by atoms with Crippen molar-refractivity contribution < 1.29 is 24.3 Å². The van der Waals surface area contributed by atoms with E-state index in [1.165, 1.54) is 4.90 Å². The molecule has 9 N–H and O–H groups in total. The minimum atomic E-state index is -1.17. The zero-order valence-electron chi connectivity index (χ0n) is 21.4. The molecule has 1 heterocycles. The molecule has 3 amide bonds. The van der Waals surface area contributed by atoms with Gasteiger partial charge < -0.3 is 37.8 Å². The van der Waals surface area contributed by atoms with Crippen LogP contribution in [0.2, 0.25) is 0 Å². The molecule has 37 heavy (non-hydrogen) atoms. The van der Waals surface area contributed by atoms with E-state index < -0.39 is 42.0 Å². The van der Waals surface area contributed by atoms with E-state index in [1.807, 2.05) is 6.07 Å². The fraction of sp³-hybridized carbons (Fsp3) is 0.560. The van der Waals surface area contributed by atoms with Crippen molar-refractivity contribution >= 4 is 29.7 Å². The molecule has 12 heteroatoms. The van der Waals surface area contributed by atoms with E-state index in [0.717, 1.165) is 5.56 Å². The topological polar surface area (TPSA) is 206 Å². The van der Waals surface area contributed by atoms with E-state index in [9.17, 15) is 24.3 Å². The van der Waals surface area contributed by atoms with Crippen LogP contribution in [0.1, 0.15) is 45.1 Å². The first kappa shape index (κ1) is 29.6. The van der Waals surface area contributed by atoms with Crippen molar-refractivity contribution in [3.63, 3.8) is 0 Å². The van der Waals surface area contributed by atoms with Gasteiger partial charge in [-0.25, -0.2) is 4.79 Å². The zero-order valence-corrected chi connectivity index (χ0v) is 21.4. The molecule has 0 spiro atoms. The Balaban J connectivity index is 2.02. The molecule has 0 bridgehead atoms. The Morgan fingerprint density at radius 1 is 1.14 bits per heavy atom. The number of amides is 3. The number of carbonyl (C=O) groups excluding carboxylic acids is 3. The molecule has 4 atom stereocenters. The largest absolute Gasteiger partial charge is 0.480 e. The van der Waals surface area contributed by atoms with Crippen molar-refractivity contribution in [2.75, 3.05) is 13.1 Å². The van der Waals surface area contributed by atoms with E-state index in [4.69, 9.17) is 17.2 Å². The predicted octanol–water partition coefficient (Wildman–Crippen LogP) is -0.689. The molecule has 1 aromatic rings. The molecule has 1 aromatic carbocycles. The summed E-state index contributed by atoms with van der Waals surface area (Å²) in [7, 11) is 0. The SMILES string of the molecule is CC(C)C(NC(=O)C1CCCN1C(=O)C(N)CCCN=C(N)N)C(=O)NC(Cc1ccccc1)C(=O)O. The number of carboxylic acids is 1. The molecule has 204 valence electrons. The molecule has 1 aliphatic heterocycles. The van der Waals surface area contributed by atoms with Crippen molar-refractivity contribution in [3.05, 3.63) is 35.9 Å². The van der Waals surface area contributed by atoms with Crippen LogP contribution in [0.5, 0.6) is 0 Å². The second kappa shape index (κ2) is 14.2. The van der Waals surface area contributed by atoms with Crippen molar-refractivity contribution in [1.82, 2.24) is 15.5 Å². The second-order valence-corrected chi connectivity index (χ2v) is 9.56. The average Bonchev–Trinajstić information content (AvgIpc) is 3.34. The third-order valence-electron chi connectivity index (χ3n) is 6.27. The molecule has 0 saturated carbocycles. The number of aliphatic imine (C=N–C) groups is 1. The molecule has 0 aromatic heterocycles. The van der Waals surface area contributed by atoms with E-state index in [0.29, 0.717) is 38.8 Å². The lowest BCUT2D eigenvalue weighted by Crippen LogP contribution is -2.58. The Bertz CT molecular complexity index is 965. The smallest absolute Gasteiger partial charge is 0.326 e. The van der Waals surface area contributed by atoms with Crippen LogP contribution in [0.25, 0.3) is 0 Å². The van der Waals surface area contributed by atoms with E-state index >= 15 is 0 Å². The van der Waals surface area contributed by atoms with Crippen LogP contribution in [0.3, 0.4) is 0 Å². The van der Waals surface area contributed by atoms with Crippen LogP contribution in [0.4, 0.5) is 0 Å². The highest BCUT2D eigenvalue weighted by molar-refractivity contribution is 5.94. The number of aliphatic carboxylic acids is 1. The first-order valence-corrected chi connectivity index (χ1v) is 12.5. The number of nitrogens with zero attached hydrogens (tertiary/aromatic N) is 2. The maximum atomic E-state index is 13.2. The second-order valence-electron chi connectivity index (χ2n) is 9.56. The first-order chi connectivity index (χ1) is 17.5. The standard InChI is InChI=1S/C25H39N7O5/c1-15(2)20(22(34)30-18(24(36)37)14-16-8-4-3-5-9-16)31-21(33)19-11-7-13-32(19)23(35)17(26)10-6-12-29-25(27)28/h3-5,8-9,15,17-20H,6-7,10-14,26H2,1-2H3,(H,30,34)(H,31,33)(H,36,37)(H4,27,28,29). The lowest BCUT2D eigenvalue weighted by atomic mass is 10.0. The number of rotatable bonds is 13. The summed E-state index contributed by atoms with van der Waals surface area (Å²) in [5.41, 5.74) is 17.4. The molecule has 2 rings (SSSR count). The van der Waals surface area contributed by atoms with Gasteiger partial charge in [-0.05, 0) is 37.2 Å². The number of hydrogen-bond acceptors (Lipinski definition) is 6. The molecule has 4 unspecified atom stereocenters. The summed E-state index contributed by atoms with van der Waals surface area (Å²) < 4.78 is 0. The molecule has 1 saturated heterocycles. The third-order valence-corrected chi connectivity index (χ3v) is 6.27. The number of likely N-dealkylation sites (tertiary alicyclic amines) is 1. The summed E-state index contributed by atoms with van der Waals surface area (Å²) in [6.07, 6.45) is 2.04. The number of guanidine groups is 1. The van der Waals surface area contributed by atoms with Gasteiger partial charge in [0.2, 0.25) is 17.7 Å². The van der Waals surface area contributed by atoms with Crippen molar-refractivity contribution in [2.45, 2.75) is 70.1 Å². The predicted molar refractivity (Wildman–Crippen MR) is 139 cm³/mol. The van der Waals surface area contributed by atoms with Gasteiger partial charge in [0, 0.05) is 19.5 Å². The van der Waals surface area contributed by atoms with Crippen LogP contribution >= 0.6 is 0 Å². The number of benzene rings is 1. The molecule has 0 aliphatic carbocycles. The zero-order chi connectivity index (χ0) is 27.5. The van der Waals surface area contributed by atoms with Crippen LogP contribution in [0, 0.1) is 5.92 Å². The maximum Gasteiger partial charge on any atom is 0.326 e. The summed E-state index contributed by atoms with van der Waals surface area (Å²) in [5, 5.41) is 14.9. The molecular weight excluding hydrogens is 478 g/mol. The van der Waals surface area contributed by atoms with Gasteiger partial charge in [0.15, 0.2) is 5.96 Å². The van der Waals surface area contributed by atoms with Gasteiger partial charge >= 0.3 is 5.97 Å². The number of hydrogen-bond donors (Lipinski definition) is 6. The number of carboxylic acid groups (broad SMARTS) is 1. The number of carbonyl (C=O) groups is 4. The molecule has 1 fully saturated rings. The molecule has 1 aliphatic rings. The van der Waals surface area contributed by atoms with Crippen LogP contribution < -0.4 is 27.8 Å². The van der Waals surface area contributed by atoms with Gasteiger partial charge in [-0.3, -0.25) is 19.4 Å². The van der Waals surface area contributed by atoms with Gasteiger partial charge in [0.05, 0.1) is 6.04 Å². The monoisotopic (exact) mass is 517 g/mol. The van der Waals surface area contributed by atoms with Crippen molar-refractivity contribution in [2.24, 2.45) is 28.1 Å². The van der Waals surface area contributed by atoms with Gasteiger partial charge in [0.1, 0.15) is 18.1 Å². The average molecular weight is 518 g/mol. The first-order valence-electron chi connectivity index (χ1n) is 12.5. The van der Waals surface area contributed by atoms with Gasteiger partial charge in [-0.2, -0.15) is 0 Å². The Morgan fingerprint density at radius 3 is 2.41 bits per heavy atom. The third kappa shape index (κ3) is 9.05. The lowest BCUT2D eigenvalue weighted by molar-refractivity contribution is -0.143. The molecule has 12 nitrogen and oxygen atoms in total. The highest BCUT2D eigenvalue weighted by atomic mass is 16.4. The van der Waals surface area contributed by atoms with E-state index in [-0.39, 0.29) is 24.2 Å². The fourth-order valence-corrected chi connectivity index (χ4v) is 4.25. The Kier molecular flexibility index (Phi) is 11.3. The number of nitrogens with one attached hydrogen (secondary N) is 2. The van der Waals surface area contributed by atoms with Gasteiger partial charge in [-0.15, -0.1) is 0 Å². The quantitative estimate of drug-likeness (QED) is 0.112. The summed E-state index contributed by atoms with van der Waals surface area (Å²) in [6.45, 7) is 4.23. The van der Waals surface area contributed by atoms with Crippen LogP contribution in [-0.2, 0) is 25.6 Å². The lowest BCUT2D eigenvalue weighted by Gasteiger charge is -2.29. The highest BCUT2D eigenvalue weighted by Crippen LogP contribution is 2.20. The Hall–Kier alpha value is -3.67. The minimum Gasteiger partial charge on any atom is -0.480 e. The Morgan fingerprint density at radius 2 is 1.81 bits per heavy atom. The van der Waals surface area contributed by atoms with Gasteiger partial charge in [0.25, 0.3) is 0 Å². The maximum absolute atomic E-state index is 13.2. The van der Waals surface area contributed by atoms with Crippen LogP contribution in [0.15, 0.2) is 35.3 Å². The summed E-state index contributed by atoms with van der Waals surface area (Å²) in [6, 6.07) is 5.26. The highest BCUT2D eigenvalue weighted by Gasteiger charge is 2.38. The minimum absolute atomic E-state index is 0.0327. The fourth-order valence-electron chi connectivity index (χ4n) is 4.25. The summed E-state index contributed by atoms with van der Waals surface area (Å²) in [5.74, 6) is -2.94. The molecular formula is C25H39N7O5. The summed E-state index contributed by atoms with van der Waals surface area (Å²) in [4.78, 5) is 56.2. The normalized spacial score (nSPS) is 17.5. The Labute approximate surface area is 217 Å².